The highest BCUT2D eigenvalue weighted by Crippen LogP contribution is 2.18. The van der Waals surface area contributed by atoms with Crippen molar-refractivity contribution in [3.8, 4) is 0 Å². The second kappa shape index (κ2) is 7.05. The highest BCUT2D eigenvalue weighted by atomic mass is 32.2. The van der Waals surface area contributed by atoms with Gasteiger partial charge in [-0.25, -0.2) is 8.42 Å². The summed E-state index contributed by atoms with van der Waals surface area (Å²) in [5.41, 5.74) is 2.32. The largest absolute Gasteiger partial charge is 0.243 e. The molecule has 0 bridgehead atoms. The topological polar surface area (TPSA) is 37.4 Å². The van der Waals surface area contributed by atoms with E-state index in [4.69, 9.17) is 0 Å². The van der Waals surface area contributed by atoms with Gasteiger partial charge in [0.05, 0.1) is 4.90 Å². The molecule has 4 heteroatoms. The average Bonchev–Trinajstić information content (AvgIpc) is 2.46. The Morgan fingerprint density at radius 3 is 2.43 bits per heavy atom. The van der Waals surface area contributed by atoms with Crippen LogP contribution in [-0.2, 0) is 10.0 Å². The Morgan fingerprint density at radius 2 is 1.71 bits per heavy atom. The van der Waals surface area contributed by atoms with Crippen molar-refractivity contribution in [2.45, 2.75) is 38.0 Å². The molecular formula is C17H23NO2S. The van der Waals surface area contributed by atoms with Crippen LogP contribution in [0.15, 0.2) is 53.0 Å². The van der Waals surface area contributed by atoms with E-state index in [9.17, 15) is 8.42 Å². The first-order valence-electron chi connectivity index (χ1n) is 7.37. The fourth-order valence-electron chi connectivity index (χ4n) is 2.30. The predicted molar refractivity (Wildman–Crippen MR) is 86.7 cm³/mol. The summed E-state index contributed by atoms with van der Waals surface area (Å²) in [5, 5.41) is 0. The molecule has 0 saturated carbocycles. The Kier molecular flexibility index (Phi) is 5.37. The number of hydrogen-bond donors (Lipinski definition) is 0. The highest BCUT2D eigenvalue weighted by Gasteiger charge is 2.22. The van der Waals surface area contributed by atoms with E-state index in [0.717, 1.165) is 24.8 Å². The van der Waals surface area contributed by atoms with Gasteiger partial charge in [-0.3, -0.25) is 0 Å². The molecule has 0 aromatic heterocycles. The van der Waals surface area contributed by atoms with Gasteiger partial charge in [-0.15, -0.1) is 0 Å². The summed E-state index contributed by atoms with van der Waals surface area (Å²) in [6.07, 6.45) is 9.23. The Bertz CT molecular complexity index is 627. The minimum Gasteiger partial charge on any atom is -0.207 e. The van der Waals surface area contributed by atoms with Crippen LogP contribution in [0.3, 0.4) is 0 Å². The van der Waals surface area contributed by atoms with Crippen LogP contribution in [0.1, 0.15) is 31.7 Å². The number of rotatable bonds is 2. The van der Waals surface area contributed by atoms with Crippen LogP contribution < -0.4 is 0 Å². The maximum Gasteiger partial charge on any atom is 0.243 e. The quantitative estimate of drug-likeness (QED) is 0.782. The smallest absolute Gasteiger partial charge is 0.207 e. The molecule has 1 aromatic rings. The fourth-order valence-corrected chi connectivity index (χ4v) is 3.63. The Hall–Kier alpha value is -1.39. The molecule has 3 nitrogen and oxygen atoms in total. The number of allylic oxidation sites excluding steroid dienone is 2. The van der Waals surface area contributed by atoms with E-state index in [0.29, 0.717) is 18.0 Å². The number of benzene rings is 1. The van der Waals surface area contributed by atoms with Crippen molar-refractivity contribution >= 4 is 10.0 Å². The minimum atomic E-state index is -3.43. The van der Waals surface area contributed by atoms with E-state index in [-0.39, 0.29) is 0 Å². The molecule has 0 amide bonds. The summed E-state index contributed by atoms with van der Waals surface area (Å²) in [5.74, 6) is 0. The first kappa shape index (κ1) is 16.0. The lowest BCUT2D eigenvalue weighted by Crippen LogP contribution is -2.31. The molecule has 0 aliphatic carbocycles. The van der Waals surface area contributed by atoms with Crippen LogP contribution in [0.2, 0.25) is 0 Å². The monoisotopic (exact) mass is 305 g/mol. The zero-order valence-corrected chi connectivity index (χ0v) is 13.6. The second-order valence-corrected chi connectivity index (χ2v) is 7.49. The van der Waals surface area contributed by atoms with E-state index in [1.54, 1.807) is 12.1 Å². The molecule has 0 saturated heterocycles. The van der Waals surface area contributed by atoms with E-state index in [2.05, 4.69) is 13.0 Å². The lowest BCUT2D eigenvalue weighted by atomic mass is 10.1. The van der Waals surface area contributed by atoms with Crippen molar-refractivity contribution in [1.29, 1.82) is 0 Å². The predicted octanol–water partition coefficient (Wildman–Crippen LogP) is 3.67. The lowest BCUT2D eigenvalue weighted by Gasteiger charge is -2.20. The van der Waals surface area contributed by atoms with Crippen LogP contribution in [0.5, 0.6) is 0 Å². The summed E-state index contributed by atoms with van der Waals surface area (Å²) >= 11 is 0. The number of sulfonamides is 1. The SMILES string of the molecule is C/C1=C\CN(S(=O)(=O)c2ccc(C)cc2)C/C=C/CCC1. The Labute approximate surface area is 128 Å². The summed E-state index contributed by atoms with van der Waals surface area (Å²) in [4.78, 5) is 0.365. The standard InChI is InChI=1S/C17H23NO2S/c1-15-7-5-3-4-6-13-18(14-12-15)21(19,20)17-10-8-16(2)9-11-17/h4,6,8-12H,3,5,7,13-14H2,1-2H3/b6-4+,15-12+. The molecular weight excluding hydrogens is 282 g/mol. The van der Waals surface area contributed by atoms with E-state index in [1.165, 1.54) is 9.88 Å². The number of hydrogen-bond acceptors (Lipinski definition) is 2. The van der Waals surface area contributed by atoms with Crippen molar-refractivity contribution in [3.63, 3.8) is 0 Å². The molecule has 1 aliphatic heterocycles. The third kappa shape index (κ3) is 4.29. The summed E-state index contributed by atoms with van der Waals surface area (Å²) < 4.78 is 27.0. The van der Waals surface area contributed by atoms with Gasteiger partial charge in [0, 0.05) is 13.1 Å². The first-order chi connectivity index (χ1) is 10.00. The highest BCUT2D eigenvalue weighted by molar-refractivity contribution is 7.89. The maximum atomic E-state index is 12.7. The molecule has 0 fully saturated rings. The van der Waals surface area contributed by atoms with E-state index >= 15 is 0 Å². The molecule has 1 aliphatic rings. The molecule has 1 heterocycles. The van der Waals surface area contributed by atoms with Crippen LogP contribution in [0.4, 0.5) is 0 Å². The molecule has 21 heavy (non-hydrogen) atoms. The molecule has 0 atom stereocenters. The van der Waals surface area contributed by atoms with Crippen LogP contribution >= 0.6 is 0 Å². The Morgan fingerprint density at radius 1 is 1.00 bits per heavy atom. The molecule has 2 rings (SSSR count). The van der Waals surface area contributed by atoms with Gasteiger partial charge in [0.1, 0.15) is 0 Å². The average molecular weight is 305 g/mol. The van der Waals surface area contributed by atoms with Crippen LogP contribution in [-0.4, -0.2) is 25.8 Å². The van der Waals surface area contributed by atoms with Crippen molar-refractivity contribution < 1.29 is 8.42 Å². The molecule has 0 radical (unpaired) electrons. The fraction of sp³-hybridized carbons (Fsp3) is 0.412. The normalized spacial score (nSPS) is 22.3. The summed E-state index contributed by atoms with van der Waals surface area (Å²) in [6, 6.07) is 7.05. The molecule has 1 aromatic carbocycles. The molecule has 114 valence electrons. The van der Waals surface area contributed by atoms with Crippen LogP contribution in [0, 0.1) is 6.92 Å². The van der Waals surface area contributed by atoms with Gasteiger partial charge < -0.3 is 0 Å². The Balaban J connectivity index is 2.28. The van der Waals surface area contributed by atoms with Gasteiger partial charge in [-0.05, 0) is 45.2 Å². The zero-order chi connectivity index (χ0) is 15.3. The van der Waals surface area contributed by atoms with Crippen molar-refractivity contribution in [1.82, 2.24) is 4.31 Å². The van der Waals surface area contributed by atoms with Crippen LogP contribution in [0.25, 0.3) is 0 Å². The van der Waals surface area contributed by atoms with Gasteiger partial charge in [0.25, 0.3) is 0 Å². The number of aryl methyl sites for hydroxylation is 1. The van der Waals surface area contributed by atoms with Gasteiger partial charge >= 0.3 is 0 Å². The van der Waals surface area contributed by atoms with Crippen molar-refractivity contribution in [3.05, 3.63) is 53.6 Å². The molecule has 0 spiro atoms. The van der Waals surface area contributed by atoms with Crippen molar-refractivity contribution in [2.75, 3.05) is 13.1 Å². The second-order valence-electron chi connectivity index (χ2n) is 5.55. The third-order valence-electron chi connectivity index (χ3n) is 3.72. The summed E-state index contributed by atoms with van der Waals surface area (Å²) in [7, 11) is -3.43. The summed E-state index contributed by atoms with van der Waals surface area (Å²) in [6.45, 7) is 4.89. The van der Waals surface area contributed by atoms with Crippen molar-refractivity contribution in [2.24, 2.45) is 0 Å². The minimum absolute atomic E-state index is 0.365. The maximum absolute atomic E-state index is 12.7. The van der Waals surface area contributed by atoms with Gasteiger partial charge in [-0.2, -0.15) is 4.31 Å². The van der Waals surface area contributed by atoms with Gasteiger partial charge in [0.2, 0.25) is 10.0 Å². The first-order valence-corrected chi connectivity index (χ1v) is 8.81. The zero-order valence-electron chi connectivity index (χ0n) is 12.7. The van der Waals surface area contributed by atoms with E-state index < -0.39 is 10.0 Å². The third-order valence-corrected chi connectivity index (χ3v) is 5.57. The molecule has 0 unspecified atom stereocenters. The molecule has 0 N–H and O–H groups in total. The number of nitrogens with zero attached hydrogens (tertiary/aromatic N) is 1. The van der Waals surface area contributed by atoms with E-state index in [1.807, 2.05) is 31.2 Å². The van der Waals surface area contributed by atoms with Gasteiger partial charge in [-0.1, -0.05) is 41.5 Å². The lowest BCUT2D eigenvalue weighted by molar-refractivity contribution is 0.471. The van der Waals surface area contributed by atoms with Gasteiger partial charge in [0.15, 0.2) is 0 Å².